The Labute approximate surface area is 100 Å². The van der Waals surface area contributed by atoms with Crippen molar-refractivity contribution >= 4 is 0 Å². The van der Waals surface area contributed by atoms with Crippen molar-refractivity contribution in [3.8, 4) is 0 Å². The van der Waals surface area contributed by atoms with E-state index in [1.165, 1.54) is 38.5 Å². The van der Waals surface area contributed by atoms with E-state index in [1.807, 2.05) is 0 Å². The number of ether oxygens (including phenoxy) is 1. The maximum absolute atomic E-state index is 6.01. The molecule has 0 spiro atoms. The summed E-state index contributed by atoms with van der Waals surface area (Å²) in [6, 6.07) is 0. The van der Waals surface area contributed by atoms with Crippen molar-refractivity contribution in [2.24, 2.45) is 0 Å². The first-order valence-corrected chi connectivity index (χ1v) is 6.85. The number of nitrogens with zero attached hydrogens (tertiary/aromatic N) is 1. The number of piperidine rings is 1. The predicted octanol–water partition coefficient (Wildman–Crippen LogP) is 3.56. The first kappa shape index (κ1) is 12.4. The first-order chi connectivity index (χ1) is 7.43. The average molecular weight is 225 g/mol. The van der Waals surface area contributed by atoms with Gasteiger partial charge in [-0.05, 0) is 66.2 Å². The Kier molecular flexibility index (Phi) is 3.33. The van der Waals surface area contributed by atoms with E-state index >= 15 is 0 Å². The summed E-state index contributed by atoms with van der Waals surface area (Å²) < 4.78 is 6.01. The Morgan fingerprint density at radius 2 is 1.56 bits per heavy atom. The Balaban J connectivity index is 2.18. The summed E-state index contributed by atoms with van der Waals surface area (Å²) in [5.41, 5.74) is 0.591. The highest BCUT2D eigenvalue weighted by molar-refractivity contribution is 4.98. The SMILES string of the molecule is CC1(C)CCCC(C)(C)N1C1CCCCO1. The van der Waals surface area contributed by atoms with Gasteiger partial charge in [-0.15, -0.1) is 0 Å². The van der Waals surface area contributed by atoms with Crippen LogP contribution in [0.25, 0.3) is 0 Å². The van der Waals surface area contributed by atoms with Gasteiger partial charge in [0.05, 0.1) is 0 Å². The number of rotatable bonds is 1. The van der Waals surface area contributed by atoms with Gasteiger partial charge in [-0.25, -0.2) is 0 Å². The zero-order chi connectivity index (χ0) is 11.8. The summed E-state index contributed by atoms with van der Waals surface area (Å²) in [5.74, 6) is 0. The zero-order valence-electron chi connectivity index (χ0n) is 11.4. The first-order valence-electron chi connectivity index (χ1n) is 6.85. The molecule has 1 unspecified atom stereocenters. The van der Waals surface area contributed by atoms with Gasteiger partial charge in [0.2, 0.25) is 0 Å². The van der Waals surface area contributed by atoms with E-state index in [2.05, 4.69) is 32.6 Å². The van der Waals surface area contributed by atoms with Gasteiger partial charge in [-0.2, -0.15) is 0 Å². The molecule has 0 aromatic carbocycles. The molecule has 0 saturated carbocycles. The van der Waals surface area contributed by atoms with Crippen molar-refractivity contribution in [2.75, 3.05) is 6.61 Å². The second kappa shape index (κ2) is 4.30. The molecular formula is C14H27NO. The Morgan fingerprint density at radius 3 is 2.06 bits per heavy atom. The van der Waals surface area contributed by atoms with Crippen LogP contribution in [0, 0.1) is 0 Å². The third-order valence-electron chi connectivity index (χ3n) is 4.33. The van der Waals surface area contributed by atoms with Crippen molar-refractivity contribution in [2.45, 2.75) is 83.5 Å². The van der Waals surface area contributed by atoms with Crippen molar-refractivity contribution < 1.29 is 4.74 Å². The highest BCUT2D eigenvalue weighted by Gasteiger charge is 2.45. The molecule has 94 valence electrons. The third kappa shape index (κ3) is 2.28. The monoisotopic (exact) mass is 225 g/mol. The van der Waals surface area contributed by atoms with Gasteiger partial charge >= 0.3 is 0 Å². The molecule has 2 heterocycles. The molecule has 0 aromatic heterocycles. The van der Waals surface area contributed by atoms with Crippen LogP contribution in [0.4, 0.5) is 0 Å². The molecule has 0 amide bonds. The number of hydrogen-bond donors (Lipinski definition) is 0. The molecule has 0 bridgehead atoms. The summed E-state index contributed by atoms with van der Waals surface area (Å²) in [6.07, 6.45) is 8.10. The maximum Gasteiger partial charge on any atom is 0.111 e. The smallest absolute Gasteiger partial charge is 0.111 e. The lowest BCUT2D eigenvalue weighted by Gasteiger charge is -2.56. The van der Waals surface area contributed by atoms with Crippen LogP contribution >= 0.6 is 0 Å². The molecule has 1 atom stereocenters. The molecule has 2 nitrogen and oxygen atoms in total. The molecule has 16 heavy (non-hydrogen) atoms. The molecule has 2 rings (SSSR count). The molecule has 0 aromatic rings. The van der Waals surface area contributed by atoms with Crippen molar-refractivity contribution in [3.63, 3.8) is 0 Å². The van der Waals surface area contributed by atoms with Gasteiger partial charge < -0.3 is 4.74 Å². The van der Waals surface area contributed by atoms with Crippen molar-refractivity contribution in [3.05, 3.63) is 0 Å². The molecular weight excluding hydrogens is 198 g/mol. The summed E-state index contributed by atoms with van der Waals surface area (Å²) >= 11 is 0. The lowest BCUT2D eigenvalue weighted by molar-refractivity contribution is -0.179. The average Bonchev–Trinajstić information content (AvgIpc) is 2.16. The predicted molar refractivity (Wildman–Crippen MR) is 67.4 cm³/mol. The molecule has 0 aliphatic carbocycles. The molecule has 2 saturated heterocycles. The van der Waals surface area contributed by atoms with Crippen LogP contribution < -0.4 is 0 Å². The second-order valence-electron chi connectivity index (χ2n) is 6.67. The van der Waals surface area contributed by atoms with Crippen LogP contribution in [0.15, 0.2) is 0 Å². The summed E-state index contributed by atoms with van der Waals surface area (Å²) in [5, 5.41) is 0. The van der Waals surface area contributed by atoms with Crippen LogP contribution in [0.5, 0.6) is 0 Å². The highest BCUT2D eigenvalue weighted by atomic mass is 16.5. The van der Waals surface area contributed by atoms with E-state index in [1.54, 1.807) is 0 Å². The standard InChI is InChI=1S/C14H27NO/c1-13(2)9-7-10-14(3,4)15(13)12-8-5-6-11-16-12/h12H,5-11H2,1-4H3. The fourth-order valence-corrected chi connectivity index (χ4v) is 3.72. The van der Waals surface area contributed by atoms with E-state index in [-0.39, 0.29) is 0 Å². The van der Waals surface area contributed by atoms with Gasteiger partial charge in [0.1, 0.15) is 6.23 Å². The number of hydrogen-bond acceptors (Lipinski definition) is 2. The number of likely N-dealkylation sites (tertiary alicyclic amines) is 1. The van der Waals surface area contributed by atoms with E-state index in [0.717, 1.165) is 6.61 Å². The van der Waals surface area contributed by atoms with E-state index in [9.17, 15) is 0 Å². The maximum atomic E-state index is 6.01. The van der Waals surface area contributed by atoms with Gasteiger partial charge in [-0.1, -0.05) is 0 Å². The van der Waals surface area contributed by atoms with Gasteiger partial charge in [-0.3, -0.25) is 4.90 Å². The fraction of sp³-hybridized carbons (Fsp3) is 1.00. The summed E-state index contributed by atoms with van der Waals surface area (Å²) in [7, 11) is 0. The van der Waals surface area contributed by atoms with Crippen molar-refractivity contribution in [1.29, 1.82) is 0 Å². The zero-order valence-corrected chi connectivity index (χ0v) is 11.4. The van der Waals surface area contributed by atoms with E-state index in [0.29, 0.717) is 17.3 Å². The topological polar surface area (TPSA) is 12.5 Å². The molecule has 0 radical (unpaired) electrons. The molecule has 2 fully saturated rings. The van der Waals surface area contributed by atoms with E-state index < -0.39 is 0 Å². The van der Waals surface area contributed by atoms with Gasteiger partial charge in [0, 0.05) is 17.7 Å². The van der Waals surface area contributed by atoms with E-state index in [4.69, 9.17) is 4.74 Å². The van der Waals surface area contributed by atoms with Crippen LogP contribution in [0.1, 0.15) is 66.2 Å². The van der Waals surface area contributed by atoms with Crippen LogP contribution in [0.3, 0.4) is 0 Å². The fourth-order valence-electron chi connectivity index (χ4n) is 3.72. The molecule has 0 N–H and O–H groups in total. The van der Waals surface area contributed by atoms with Crippen LogP contribution in [0.2, 0.25) is 0 Å². The Morgan fingerprint density at radius 1 is 0.938 bits per heavy atom. The van der Waals surface area contributed by atoms with Crippen LogP contribution in [-0.2, 0) is 4.74 Å². The normalized spacial score (nSPS) is 34.9. The second-order valence-corrected chi connectivity index (χ2v) is 6.67. The minimum absolute atomic E-state index is 0.295. The van der Waals surface area contributed by atoms with Gasteiger partial charge in [0.15, 0.2) is 0 Å². The highest BCUT2D eigenvalue weighted by Crippen LogP contribution is 2.41. The van der Waals surface area contributed by atoms with Crippen molar-refractivity contribution in [1.82, 2.24) is 4.90 Å². The Bertz CT molecular complexity index is 225. The quantitative estimate of drug-likeness (QED) is 0.676. The molecule has 2 aliphatic heterocycles. The van der Waals surface area contributed by atoms with Gasteiger partial charge in [0.25, 0.3) is 0 Å². The minimum atomic E-state index is 0.295. The summed E-state index contributed by atoms with van der Waals surface area (Å²) in [6.45, 7) is 10.5. The minimum Gasteiger partial charge on any atom is -0.363 e. The lowest BCUT2D eigenvalue weighted by Crippen LogP contribution is -2.63. The summed E-state index contributed by atoms with van der Waals surface area (Å²) in [4.78, 5) is 2.66. The third-order valence-corrected chi connectivity index (χ3v) is 4.33. The lowest BCUT2D eigenvalue weighted by atomic mass is 9.79. The Hall–Kier alpha value is -0.0800. The molecule has 2 heteroatoms. The molecule has 2 aliphatic rings. The largest absolute Gasteiger partial charge is 0.363 e. The van der Waals surface area contributed by atoms with Crippen LogP contribution in [-0.4, -0.2) is 28.8 Å².